The van der Waals surface area contributed by atoms with Crippen molar-refractivity contribution in [1.82, 2.24) is 5.32 Å². The summed E-state index contributed by atoms with van der Waals surface area (Å²) < 4.78 is 0. The van der Waals surface area contributed by atoms with E-state index in [0.29, 0.717) is 11.6 Å². The predicted molar refractivity (Wildman–Crippen MR) is 57.7 cm³/mol. The van der Waals surface area contributed by atoms with Gasteiger partial charge in [0.2, 0.25) is 0 Å². The SMILES string of the molecule is OC1CNCCN1c1ccccc1Cl. The van der Waals surface area contributed by atoms with E-state index in [-0.39, 0.29) is 0 Å². The molecule has 1 aromatic carbocycles. The molecule has 1 aliphatic rings. The van der Waals surface area contributed by atoms with Crippen molar-refractivity contribution in [3.05, 3.63) is 29.3 Å². The van der Waals surface area contributed by atoms with E-state index in [9.17, 15) is 5.11 Å². The maximum atomic E-state index is 9.75. The highest BCUT2D eigenvalue weighted by Gasteiger charge is 2.20. The van der Waals surface area contributed by atoms with Gasteiger partial charge in [0.1, 0.15) is 6.23 Å². The van der Waals surface area contributed by atoms with Crippen LogP contribution < -0.4 is 10.2 Å². The number of nitrogens with one attached hydrogen (secondary N) is 1. The quantitative estimate of drug-likeness (QED) is 0.731. The Labute approximate surface area is 88.3 Å². The van der Waals surface area contributed by atoms with Gasteiger partial charge in [0.15, 0.2) is 0 Å². The summed E-state index contributed by atoms with van der Waals surface area (Å²) >= 11 is 6.05. The second-order valence-corrected chi connectivity index (χ2v) is 3.74. The Morgan fingerprint density at radius 1 is 1.43 bits per heavy atom. The number of anilines is 1. The molecular weight excluding hydrogens is 200 g/mol. The molecule has 76 valence electrons. The molecule has 1 saturated heterocycles. The van der Waals surface area contributed by atoms with Gasteiger partial charge in [-0.1, -0.05) is 23.7 Å². The summed E-state index contributed by atoms with van der Waals surface area (Å²) in [4.78, 5) is 1.92. The molecule has 4 heteroatoms. The minimum Gasteiger partial charge on any atom is -0.372 e. The minimum absolute atomic E-state index is 0.483. The number of aliphatic hydroxyl groups excluding tert-OH is 1. The highest BCUT2D eigenvalue weighted by Crippen LogP contribution is 2.26. The maximum absolute atomic E-state index is 9.75. The third-order valence-electron chi connectivity index (χ3n) is 2.38. The summed E-state index contributed by atoms with van der Waals surface area (Å²) in [6.07, 6.45) is -0.483. The summed E-state index contributed by atoms with van der Waals surface area (Å²) in [7, 11) is 0. The van der Waals surface area contributed by atoms with Gasteiger partial charge in [0.05, 0.1) is 10.7 Å². The van der Waals surface area contributed by atoms with Gasteiger partial charge in [-0.2, -0.15) is 0 Å². The molecule has 0 spiro atoms. The van der Waals surface area contributed by atoms with Crippen molar-refractivity contribution < 1.29 is 5.11 Å². The van der Waals surface area contributed by atoms with Gasteiger partial charge in [-0.05, 0) is 12.1 Å². The Hall–Kier alpha value is -0.770. The van der Waals surface area contributed by atoms with Gasteiger partial charge in [-0.25, -0.2) is 0 Å². The van der Waals surface area contributed by atoms with E-state index in [4.69, 9.17) is 11.6 Å². The summed E-state index contributed by atoms with van der Waals surface area (Å²) in [5.74, 6) is 0. The van der Waals surface area contributed by atoms with E-state index in [1.807, 2.05) is 29.2 Å². The number of rotatable bonds is 1. The summed E-state index contributed by atoms with van der Waals surface area (Å²) in [6, 6.07) is 7.58. The molecule has 0 saturated carbocycles. The number of halogens is 1. The van der Waals surface area contributed by atoms with E-state index in [2.05, 4.69) is 5.32 Å². The number of hydrogen-bond donors (Lipinski definition) is 2. The van der Waals surface area contributed by atoms with Crippen LogP contribution in [0.1, 0.15) is 0 Å². The van der Waals surface area contributed by atoms with Crippen molar-refractivity contribution in [2.45, 2.75) is 6.23 Å². The molecule has 0 amide bonds. The van der Waals surface area contributed by atoms with E-state index in [1.54, 1.807) is 0 Å². The number of nitrogens with zero attached hydrogens (tertiary/aromatic N) is 1. The van der Waals surface area contributed by atoms with Crippen LogP contribution in [0.25, 0.3) is 0 Å². The zero-order valence-electron chi connectivity index (χ0n) is 7.78. The highest BCUT2D eigenvalue weighted by atomic mass is 35.5. The summed E-state index contributed by atoms with van der Waals surface area (Å²) in [5, 5.41) is 13.6. The van der Waals surface area contributed by atoms with Crippen molar-refractivity contribution in [2.75, 3.05) is 24.5 Å². The van der Waals surface area contributed by atoms with Crippen LogP contribution in [0.2, 0.25) is 5.02 Å². The zero-order chi connectivity index (χ0) is 9.97. The van der Waals surface area contributed by atoms with Crippen LogP contribution in [0.3, 0.4) is 0 Å². The molecule has 2 rings (SSSR count). The number of aliphatic hydroxyl groups is 1. The molecule has 0 aromatic heterocycles. The van der Waals surface area contributed by atoms with E-state index in [0.717, 1.165) is 18.8 Å². The molecule has 3 nitrogen and oxygen atoms in total. The molecule has 1 unspecified atom stereocenters. The van der Waals surface area contributed by atoms with Crippen molar-refractivity contribution in [2.24, 2.45) is 0 Å². The lowest BCUT2D eigenvalue weighted by Crippen LogP contribution is -2.51. The number of benzene rings is 1. The van der Waals surface area contributed by atoms with Crippen molar-refractivity contribution in [3.63, 3.8) is 0 Å². The molecule has 1 aliphatic heterocycles. The molecular formula is C10H13ClN2O. The molecule has 1 atom stereocenters. The molecule has 1 heterocycles. The first-order chi connectivity index (χ1) is 6.79. The number of para-hydroxylation sites is 1. The molecule has 1 fully saturated rings. The lowest BCUT2D eigenvalue weighted by atomic mass is 10.2. The Kier molecular flexibility index (Phi) is 2.91. The van der Waals surface area contributed by atoms with Gasteiger partial charge in [0, 0.05) is 19.6 Å². The van der Waals surface area contributed by atoms with Crippen molar-refractivity contribution in [1.29, 1.82) is 0 Å². The molecule has 14 heavy (non-hydrogen) atoms. The second-order valence-electron chi connectivity index (χ2n) is 3.33. The van der Waals surface area contributed by atoms with Crippen LogP contribution in [0.4, 0.5) is 5.69 Å². The smallest absolute Gasteiger partial charge is 0.139 e. The van der Waals surface area contributed by atoms with Crippen LogP contribution in [0.15, 0.2) is 24.3 Å². The number of hydrogen-bond acceptors (Lipinski definition) is 3. The first-order valence-electron chi connectivity index (χ1n) is 4.69. The molecule has 0 bridgehead atoms. The first-order valence-corrected chi connectivity index (χ1v) is 5.07. The topological polar surface area (TPSA) is 35.5 Å². The van der Waals surface area contributed by atoms with Gasteiger partial charge in [-0.15, -0.1) is 0 Å². The molecule has 2 N–H and O–H groups in total. The fourth-order valence-corrected chi connectivity index (χ4v) is 1.90. The fourth-order valence-electron chi connectivity index (χ4n) is 1.66. The highest BCUT2D eigenvalue weighted by molar-refractivity contribution is 6.33. The third-order valence-corrected chi connectivity index (χ3v) is 2.70. The molecule has 0 aliphatic carbocycles. The van der Waals surface area contributed by atoms with Crippen molar-refractivity contribution >= 4 is 17.3 Å². The monoisotopic (exact) mass is 212 g/mol. The van der Waals surface area contributed by atoms with Crippen LogP contribution >= 0.6 is 11.6 Å². The van der Waals surface area contributed by atoms with Crippen molar-refractivity contribution in [3.8, 4) is 0 Å². The van der Waals surface area contributed by atoms with E-state index >= 15 is 0 Å². The van der Waals surface area contributed by atoms with Gasteiger partial charge < -0.3 is 15.3 Å². The Balaban J connectivity index is 2.25. The first kappa shape index (κ1) is 9.77. The van der Waals surface area contributed by atoms with E-state index < -0.39 is 6.23 Å². The van der Waals surface area contributed by atoms with Crippen LogP contribution in [-0.4, -0.2) is 31.0 Å². The lowest BCUT2D eigenvalue weighted by molar-refractivity contribution is 0.152. The van der Waals surface area contributed by atoms with Gasteiger partial charge >= 0.3 is 0 Å². The Morgan fingerprint density at radius 2 is 2.21 bits per heavy atom. The lowest BCUT2D eigenvalue weighted by Gasteiger charge is -2.34. The Morgan fingerprint density at radius 3 is 2.93 bits per heavy atom. The largest absolute Gasteiger partial charge is 0.372 e. The van der Waals surface area contributed by atoms with Gasteiger partial charge in [-0.3, -0.25) is 0 Å². The normalized spacial score (nSPS) is 22.4. The summed E-state index contributed by atoms with van der Waals surface area (Å²) in [5.41, 5.74) is 0.906. The van der Waals surface area contributed by atoms with Crippen LogP contribution in [0, 0.1) is 0 Å². The van der Waals surface area contributed by atoms with Crippen LogP contribution in [0.5, 0.6) is 0 Å². The fraction of sp³-hybridized carbons (Fsp3) is 0.400. The zero-order valence-corrected chi connectivity index (χ0v) is 8.54. The van der Waals surface area contributed by atoms with E-state index in [1.165, 1.54) is 0 Å². The van der Waals surface area contributed by atoms with Crippen LogP contribution in [-0.2, 0) is 0 Å². The maximum Gasteiger partial charge on any atom is 0.139 e. The van der Waals surface area contributed by atoms with Gasteiger partial charge in [0.25, 0.3) is 0 Å². The third kappa shape index (κ3) is 1.85. The second kappa shape index (κ2) is 4.17. The predicted octanol–water partition coefficient (Wildman–Crippen LogP) is 1.07. The average molecular weight is 213 g/mol. The number of β-amino-alcohol motifs (C(OH)–C–C–N with tert-alkyl or cyclic N) is 1. The Bertz CT molecular complexity index is 319. The molecule has 0 radical (unpaired) electrons. The minimum atomic E-state index is -0.483. The standard InChI is InChI=1S/C10H13ClN2O/c11-8-3-1-2-4-9(8)13-6-5-12-7-10(13)14/h1-4,10,12,14H,5-7H2. The number of piperazine rings is 1. The molecule has 1 aromatic rings. The summed E-state index contributed by atoms with van der Waals surface area (Å²) in [6.45, 7) is 2.25. The average Bonchev–Trinajstić information content (AvgIpc) is 2.20.